The first-order valence-corrected chi connectivity index (χ1v) is 4.61. The summed E-state index contributed by atoms with van der Waals surface area (Å²) in [4.78, 5) is 11.1. The first-order valence-electron chi connectivity index (χ1n) is 4.61. The Morgan fingerprint density at radius 2 is 2.20 bits per heavy atom. The van der Waals surface area contributed by atoms with E-state index in [4.69, 9.17) is 5.11 Å². The second kappa shape index (κ2) is 4.26. The van der Waals surface area contributed by atoms with Crippen molar-refractivity contribution in [3.05, 3.63) is 48.3 Å². The second-order valence-electron chi connectivity index (χ2n) is 3.61. The molecule has 0 aliphatic carbocycles. The second-order valence-corrected chi connectivity index (χ2v) is 3.61. The van der Waals surface area contributed by atoms with Crippen LogP contribution in [0.4, 0.5) is 4.39 Å². The van der Waals surface area contributed by atoms with Crippen molar-refractivity contribution in [2.75, 3.05) is 0 Å². The van der Waals surface area contributed by atoms with Crippen LogP contribution in [0.3, 0.4) is 0 Å². The number of rotatable bonds is 4. The van der Waals surface area contributed by atoms with Gasteiger partial charge >= 0.3 is 5.97 Å². The van der Waals surface area contributed by atoms with Gasteiger partial charge < -0.3 is 5.11 Å². The molecule has 1 rings (SSSR count). The molecule has 0 aromatic heterocycles. The van der Waals surface area contributed by atoms with Crippen LogP contribution < -0.4 is 0 Å². The van der Waals surface area contributed by atoms with Crippen molar-refractivity contribution in [3.8, 4) is 0 Å². The number of halogens is 1. The Hall–Kier alpha value is -1.64. The third-order valence-corrected chi connectivity index (χ3v) is 2.49. The summed E-state index contributed by atoms with van der Waals surface area (Å²) < 4.78 is 13.5. The summed E-state index contributed by atoms with van der Waals surface area (Å²) in [6.07, 6.45) is 1.68. The van der Waals surface area contributed by atoms with Crippen LogP contribution in [-0.4, -0.2) is 11.1 Å². The first kappa shape index (κ1) is 11.4. The number of aliphatic carboxylic acids is 1. The van der Waals surface area contributed by atoms with Crippen molar-refractivity contribution < 1.29 is 14.3 Å². The third-order valence-electron chi connectivity index (χ3n) is 2.49. The zero-order valence-electron chi connectivity index (χ0n) is 8.53. The van der Waals surface area contributed by atoms with Gasteiger partial charge in [0, 0.05) is 5.56 Å². The molecule has 15 heavy (non-hydrogen) atoms. The van der Waals surface area contributed by atoms with Gasteiger partial charge in [0.2, 0.25) is 0 Å². The highest BCUT2D eigenvalue weighted by Gasteiger charge is 2.35. The molecule has 1 unspecified atom stereocenters. The fraction of sp³-hybridized carbons (Fsp3) is 0.250. The summed E-state index contributed by atoms with van der Waals surface area (Å²) in [6.45, 7) is 4.99. The lowest BCUT2D eigenvalue weighted by atomic mass is 9.79. The van der Waals surface area contributed by atoms with E-state index in [1.807, 2.05) is 0 Å². The quantitative estimate of drug-likeness (QED) is 0.772. The monoisotopic (exact) mass is 208 g/mol. The maximum atomic E-state index is 13.5. The summed E-state index contributed by atoms with van der Waals surface area (Å²) in [5.74, 6) is -1.54. The number of carbonyl (C=O) groups is 1. The normalized spacial score (nSPS) is 14.3. The minimum Gasteiger partial charge on any atom is -0.481 e. The SMILES string of the molecule is C=CCC(C)(C(=O)O)c1ccccc1F. The molecule has 1 aromatic carbocycles. The van der Waals surface area contributed by atoms with Gasteiger partial charge in [-0.05, 0) is 19.4 Å². The summed E-state index contributed by atoms with van der Waals surface area (Å²) in [5, 5.41) is 9.13. The summed E-state index contributed by atoms with van der Waals surface area (Å²) >= 11 is 0. The van der Waals surface area contributed by atoms with Crippen molar-refractivity contribution in [3.63, 3.8) is 0 Å². The molecule has 0 radical (unpaired) electrons. The number of hydrogen-bond donors (Lipinski definition) is 1. The Bertz CT molecular complexity index is 387. The molecule has 1 N–H and O–H groups in total. The van der Waals surface area contributed by atoms with Crippen molar-refractivity contribution in [1.29, 1.82) is 0 Å². The highest BCUT2D eigenvalue weighted by molar-refractivity contribution is 5.81. The molecule has 0 heterocycles. The van der Waals surface area contributed by atoms with E-state index in [0.717, 1.165) is 0 Å². The van der Waals surface area contributed by atoms with Crippen LogP contribution in [0.25, 0.3) is 0 Å². The number of carboxylic acids is 1. The molecule has 1 aromatic rings. The maximum absolute atomic E-state index is 13.5. The topological polar surface area (TPSA) is 37.3 Å². The predicted octanol–water partition coefficient (Wildman–Crippen LogP) is 2.74. The van der Waals surface area contributed by atoms with Crippen molar-refractivity contribution in [2.24, 2.45) is 0 Å². The lowest BCUT2D eigenvalue weighted by Crippen LogP contribution is -2.32. The molecular weight excluding hydrogens is 195 g/mol. The Labute approximate surface area is 88.1 Å². The van der Waals surface area contributed by atoms with Crippen LogP contribution >= 0.6 is 0 Å². The average molecular weight is 208 g/mol. The maximum Gasteiger partial charge on any atom is 0.314 e. The van der Waals surface area contributed by atoms with Gasteiger partial charge in [-0.3, -0.25) is 4.79 Å². The molecule has 3 heteroatoms. The summed E-state index contributed by atoms with van der Waals surface area (Å²) in [7, 11) is 0. The first-order chi connectivity index (χ1) is 7.02. The number of hydrogen-bond acceptors (Lipinski definition) is 1. The van der Waals surface area contributed by atoms with Crippen molar-refractivity contribution in [1.82, 2.24) is 0 Å². The molecule has 2 nitrogen and oxygen atoms in total. The van der Waals surface area contributed by atoms with Gasteiger partial charge in [-0.15, -0.1) is 6.58 Å². The summed E-state index contributed by atoms with van der Waals surface area (Å²) in [5.41, 5.74) is -1.05. The molecule has 0 saturated carbocycles. The molecule has 80 valence electrons. The molecule has 0 spiro atoms. The van der Waals surface area contributed by atoms with Crippen LogP contribution in [0.2, 0.25) is 0 Å². The van der Waals surface area contributed by atoms with Crippen molar-refractivity contribution in [2.45, 2.75) is 18.8 Å². The van der Waals surface area contributed by atoms with E-state index >= 15 is 0 Å². The minimum absolute atomic E-state index is 0.192. The smallest absolute Gasteiger partial charge is 0.314 e. The Morgan fingerprint density at radius 1 is 1.60 bits per heavy atom. The number of benzene rings is 1. The van der Waals surface area contributed by atoms with Gasteiger partial charge in [0.25, 0.3) is 0 Å². The van der Waals surface area contributed by atoms with Gasteiger partial charge in [-0.1, -0.05) is 24.3 Å². The van der Waals surface area contributed by atoms with Gasteiger partial charge in [0.1, 0.15) is 5.82 Å². The highest BCUT2D eigenvalue weighted by Crippen LogP contribution is 2.30. The predicted molar refractivity (Wildman–Crippen MR) is 56.2 cm³/mol. The van der Waals surface area contributed by atoms with E-state index in [0.29, 0.717) is 0 Å². The van der Waals surface area contributed by atoms with Crippen LogP contribution in [0.1, 0.15) is 18.9 Å². The van der Waals surface area contributed by atoms with Gasteiger partial charge in [0.05, 0.1) is 5.41 Å². The molecule has 0 aliphatic heterocycles. The highest BCUT2D eigenvalue weighted by atomic mass is 19.1. The lowest BCUT2D eigenvalue weighted by Gasteiger charge is -2.24. The van der Waals surface area contributed by atoms with Crippen LogP contribution in [0, 0.1) is 5.82 Å². The Kier molecular flexibility index (Phi) is 3.24. The van der Waals surface area contributed by atoms with E-state index in [9.17, 15) is 9.18 Å². The molecular formula is C12H13FO2. The van der Waals surface area contributed by atoms with Crippen molar-refractivity contribution >= 4 is 5.97 Å². The van der Waals surface area contributed by atoms with Crippen LogP contribution in [0.15, 0.2) is 36.9 Å². The van der Waals surface area contributed by atoms with Gasteiger partial charge in [-0.2, -0.15) is 0 Å². The van der Waals surface area contributed by atoms with Gasteiger partial charge in [0.15, 0.2) is 0 Å². The van der Waals surface area contributed by atoms with E-state index < -0.39 is 17.2 Å². The molecule has 0 fully saturated rings. The molecule has 0 aliphatic rings. The molecule has 0 bridgehead atoms. The molecule has 1 atom stereocenters. The standard InChI is InChI=1S/C12H13FO2/c1-3-8-12(2,11(14)15)9-6-4-5-7-10(9)13/h3-7H,1,8H2,2H3,(H,14,15). The zero-order valence-corrected chi connectivity index (χ0v) is 8.53. The fourth-order valence-electron chi connectivity index (χ4n) is 1.51. The Balaban J connectivity index is 3.27. The van der Waals surface area contributed by atoms with E-state index in [-0.39, 0.29) is 12.0 Å². The van der Waals surface area contributed by atoms with Gasteiger partial charge in [-0.25, -0.2) is 4.39 Å². The molecule has 0 amide bonds. The number of allylic oxidation sites excluding steroid dienone is 1. The number of carboxylic acid groups (broad SMARTS) is 1. The average Bonchev–Trinajstić information content (AvgIpc) is 2.18. The zero-order chi connectivity index (χ0) is 11.5. The third kappa shape index (κ3) is 2.06. The summed E-state index contributed by atoms with van der Waals surface area (Å²) in [6, 6.07) is 5.92. The largest absolute Gasteiger partial charge is 0.481 e. The minimum atomic E-state index is -1.24. The van der Waals surface area contributed by atoms with Crippen LogP contribution in [-0.2, 0) is 10.2 Å². The van der Waals surface area contributed by atoms with E-state index in [2.05, 4.69) is 6.58 Å². The molecule has 0 saturated heterocycles. The fourth-order valence-corrected chi connectivity index (χ4v) is 1.51. The Morgan fingerprint density at radius 3 is 2.67 bits per heavy atom. The van der Waals surface area contributed by atoms with E-state index in [1.165, 1.54) is 31.2 Å². The van der Waals surface area contributed by atoms with Crippen LogP contribution in [0.5, 0.6) is 0 Å². The van der Waals surface area contributed by atoms with E-state index in [1.54, 1.807) is 6.07 Å². The lowest BCUT2D eigenvalue weighted by molar-refractivity contribution is -0.143.